The lowest BCUT2D eigenvalue weighted by atomic mass is 9.95. The van der Waals surface area contributed by atoms with Gasteiger partial charge in [0.2, 0.25) is 0 Å². The molecule has 3 fully saturated rings. The van der Waals surface area contributed by atoms with Crippen molar-refractivity contribution in [2.75, 3.05) is 18.5 Å². The van der Waals surface area contributed by atoms with Crippen molar-refractivity contribution >= 4 is 69.7 Å². The lowest BCUT2D eigenvalue weighted by Crippen LogP contribution is -2.68. The largest absolute Gasteiger partial charge is 0.463 e. The average Bonchev–Trinajstić information content (AvgIpc) is 3.12. The number of halogens is 1. The van der Waals surface area contributed by atoms with Crippen LogP contribution in [0.5, 0.6) is 0 Å². The summed E-state index contributed by atoms with van der Waals surface area (Å²) in [5, 5.41) is 10.8. The van der Waals surface area contributed by atoms with Crippen LogP contribution < -0.4 is 0 Å². The van der Waals surface area contributed by atoms with Crippen molar-refractivity contribution < 1.29 is 115 Å². The third kappa shape index (κ3) is 14.8. The third-order valence-electron chi connectivity index (χ3n) is 8.54. The van der Waals surface area contributed by atoms with Crippen LogP contribution in [-0.4, -0.2) is 169 Å². The van der Waals surface area contributed by atoms with Crippen LogP contribution in [0.3, 0.4) is 0 Å². The molecule has 24 nitrogen and oxygen atoms in total. The van der Waals surface area contributed by atoms with Crippen LogP contribution in [0.4, 0.5) is 0 Å². The SMILES string of the molecule is CC(=O)OCC1O[C@H](O[C@@H]2C(COC(C)=O)O[C@H](O)C(OC(C)=O)[C@H]2OC(C)=O)C(OC(C)=O)[C@@H](OC(C)=O)[C@@H]1O[C@H]1OC(CBr)[C@@H](OC(C)=O)[C@H](OC(C)=O)C1OC(C)=O. The summed E-state index contributed by atoms with van der Waals surface area (Å²) in [6.07, 6.45) is -25.6. The summed E-state index contributed by atoms with van der Waals surface area (Å²) in [5.41, 5.74) is 0. The third-order valence-corrected chi connectivity index (χ3v) is 9.18. The Hall–Kier alpha value is -4.53. The van der Waals surface area contributed by atoms with E-state index in [1.807, 2.05) is 0 Å². The Bertz CT molecular complexity index is 1620. The predicted molar refractivity (Wildman–Crippen MR) is 194 cm³/mol. The van der Waals surface area contributed by atoms with Crippen molar-refractivity contribution in [3.8, 4) is 0 Å². The molecule has 3 saturated heterocycles. The maximum atomic E-state index is 12.8. The summed E-state index contributed by atoms with van der Waals surface area (Å²) in [7, 11) is 0. The van der Waals surface area contributed by atoms with Crippen molar-refractivity contribution in [1.82, 2.24) is 0 Å². The van der Waals surface area contributed by atoms with Gasteiger partial charge in [-0.05, 0) is 0 Å². The van der Waals surface area contributed by atoms with E-state index in [4.69, 9.17) is 66.3 Å². The van der Waals surface area contributed by atoms with Gasteiger partial charge < -0.3 is 71.4 Å². The van der Waals surface area contributed by atoms with Crippen LogP contribution in [0.1, 0.15) is 62.3 Å². The number of alkyl halides is 1. The minimum absolute atomic E-state index is 0.0999. The molecule has 1 N–H and O–H groups in total. The van der Waals surface area contributed by atoms with Gasteiger partial charge in [0.05, 0.1) is 0 Å². The first-order valence-electron chi connectivity index (χ1n) is 18.5. The first kappa shape index (κ1) is 50.8. The second kappa shape index (κ2) is 23.1. The van der Waals surface area contributed by atoms with Gasteiger partial charge >= 0.3 is 53.7 Å². The van der Waals surface area contributed by atoms with Crippen molar-refractivity contribution in [2.24, 2.45) is 0 Å². The highest BCUT2D eigenvalue weighted by Crippen LogP contribution is 2.38. The van der Waals surface area contributed by atoms with Gasteiger partial charge in [-0.15, -0.1) is 0 Å². The molecule has 0 spiro atoms. The van der Waals surface area contributed by atoms with Crippen LogP contribution >= 0.6 is 15.9 Å². The van der Waals surface area contributed by atoms with E-state index in [9.17, 15) is 48.3 Å². The number of hydrogen-bond acceptors (Lipinski definition) is 24. The Morgan fingerprint density at radius 3 is 1.05 bits per heavy atom. The van der Waals surface area contributed by atoms with Crippen LogP contribution in [0.25, 0.3) is 0 Å². The fraction of sp³-hybridized carbons (Fsp3) is 0.750. The maximum absolute atomic E-state index is 12.8. The van der Waals surface area contributed by atoms with E-state index >= 15 is 0 Å². The number of esters is 9. The first-order valence-corrected chi connectivity index (χ1v) is 19.6. The molecule has 6 unspecified atom stereocenters. The molecule has 0 radical (unpaired) electrons. The molecule has 3 aliphatic heterocycles. The normalized spacial score (nSPS) is 33.4. The molecule has 15 atom stereocenters. The summed E-state index contributed by atoms with van der Waals surface area (Å²) in [4.78, 5) is 111. The Morgan fingerprint density at radius 2 is 0.689 bits per heavy atom. The van der Waals surface area contributed by atoms with Crippen LogP contribution in [0, 0.1) is 0 Å². The molecule has 3 aliphatic rings. The second-order valence-electron chi connectivity index (χ2n) is 13.6. The Labute approximate surface area is 356 Å². The van der Waals surface area contributed by atoms with Gasteiger partial charge in [0, 0.05) is 67.6 Å². The quantitative estimate of drug-likeness (QED) is 0.110. The van der Waals surface area contributed by atoms with Gasteiger partial charge in [-0.3, -0.25) is 43.2 Å². The molecule has 61 heavy (non-hydrogen) atoms. The molecule has 0 amide bonds. The van der Waals surface area contributed by atoms with Gasteiger partial charge in [0.25, 0.3) is 0 Å². The van der Waals surface area contributed by atoms with E-state index < -0.39 is 159 Å². The predicted octanol–water partition coefficient (Wildman–Crippen LogP) is -1.03. The lowest BCUT2D eigenvalue weighted by Gasteiger charge is -2.50. The molecule has 3 heterocycles. The molecule has 0 aromatic carbocycles. The molecule has 344 valence electrons. The number of carbonyl (C=O) groups excluding carboxylic acids is 9. The monoisotopic (exact) mass is 944 g/mol. The van der Waals surface area contributed by atoms with Gasteiger partial charge in [-0.1, -0.05) is 15.9 Å². The molecular formula is C36H49BrO24. The number of aliphatic hydroxyl groups excluding tert-OH is 1. The molecule has 0 aliphatic carbocycles. The zero-order valence-corrected chi connectivity index (χ0v) is 36.1. The van der Waals surface area contributed by atoms with Crippen LogP contribution in [-0.2, 0) is 109 Å². The van der Waals surface area contributed by atoms with E-state index in [0.717, 1.165) is 62.3 Å². The van der Waals surface area contributed by atoms with Crippen LogP contribution in [0.15, 0.2) is 0 Å². The summed E-state index contributed by atoms with van der Waals surface area (Å²) in [6.45, 7) is 7.69. The Balaban J connectivity index is 2.24. The van der Waals surface area contributed by atoms with E-state index in [-0.39, 0.29) is 5.33 Å². The van der Waals surface area contributed by atoms with E-state index in [1.54, 1.807) is 0 Å². The number of hydrogen-bond donors (Lipinski definition) is 1. The van der Waals surface area contributed by atoms with E-state index in [1.165, 1.54) is 0 Å². The first-order chi connectivity index (χ1) is 28.5. The number of aliphatic hydroxyl groups is 1. The Kier molecular flexibility index (Phi) is 19.2. The highest BCUT2D eigenvalue weighted by atomic mass is 79.9. The van der Waals surface area contributed by atoms with Crippen molar-refractivity contribution in [1.29, 1.82) is 0 Å². The van der Waals surface area contributed by atoms with E-state index in [2.05, 4.69) is 15.9 Å². The fourth-order valence-electron chi connectivity index (χ4n) is 6.56. The zero-order valence-electron chi connectivity index (χ0n) is 34.5. The Morgan fingerprint density at radius 1 is 0.393 bits per heavy atom. The van der Waals surface area contributed by atoms with Gasteiger partial charge in [0.1, 0.15) is 43.7 Å². The standard InChI is InChI=1S/C36H49BrO24/c1-13(38)48-11-23-26(28(51-16(4)41)31(34(47)57-23)54-19(7)44)60-36-33(56-21(9)46)30(53-18(6)43)27(24(59-36)12-49-14(2)39)61-35-32(55-20(8)45)29(52-17(5)42)25(50-15(3)40)22(10-37)58-35/h22-36,47H,10-12H2,1-9H3/t22?,23?,24?,25-,26-,27-,28+,29+,30+,31?,32?,33?,34+,35-,36-/m1/s1. The zero-order chi connectivity index (χ0) is 45.9. The molecule has 0 aromatic rings. The van der Waals surface area contributed by atoms with Crippen LogP contribution in [0.2, 0.25) is 0 Å². The molecular weight excluding hydrogens is 896 g/mol. The topological polar surface area (TPSA) is 303 Å². The molecule has 0 aromatic heterocycles. The van der Waals surface area contributed by atoms with Crippen molar-refractivity contribution in [3.63, 3.8) is 0 Å². The second-order valence-corrected chi connectivity index (χ2v) is 14.3. The lowest BCUT2D eigenvalue weighted by molar-refractivity contribution is -0.377. The summed E-state index contributed by atoms with van der Waals surface area (Å²) >= 11 is 3.25. The average molecular weight is 946 g/mol. The molecule has 0 bridgehead atoms. The summed E-state index contributed by atoms with van der Waals surface area (Å²) in [6, 6.07) is 0. The van der Waals surface area contributed by atoms with Gasteiger partial charge in [-0.2, -0.15) is 0 Å². The maximum Gasteiger partial charge on any atom is 0.303 e. The van der Waals surface area contributed by atoms with E-state index in [0.29, 0.717) is 0 Å². The minimum Gasteiger partial charge on any atom is -0.463 e. The smallest absolute Gasteiger partial charge is 0.303 e. The fourth-order valence-corrected chi connectivity index (χ4v) is 7.08. The minimum atomic E-state index is -1.99. The number of ether oxygens (including phenoxy) is 14. The van der Waals surface area contributed by atoms with Crippen molar-refractivity contribution in [3.05, 3.63) is 0 Å². The molecule has 0 saturated carbocycles. The van der Waals surface area contributed by atoms with Gasteiger partial charge in [-0.25, -0.2) is 0 Å². The molecule has 25 heteroatoms. The summed E-state index contributed by atoms with van der Waals surface area (Å²) in [5.74, 6) is -8.32. The summed E-state index contributed by atoms with van der Waals surface area (Å²) < 4.78 is 79.3. The van der Waals surface area contributed by atoms with Crippen molar-refractivity contribution in [2.45, 2.75) is 154 Å². The highest BCUT2D eigenvalue weighted by molar-refractivity contribution is 9.09. The number of carbonyl (C=O) groups is 9. The molecule has 3 rings (SSSR count). The highest BCUT2D eigenvalue weighted by Gasteiger charge is 2.59. The van der Waals surface area contributed by atoms with Gasteiger partial charge in [0.15, 0.2) is 61.6 Å². The number of rotatable bonds is 16.